The maximum Gasteiger partial charge on any atom is 0.345 e. The van der Waals surface area contributed by atoms with Gasteiger partial charge in [-0.05, 0) is 20.8 Å². The van der Waals surface area contributed by atoms with E-state index >= 15 is 0 Å². The van der Waals surface area contributed by atoms with Crippen molar-refractivity contribution in [2.75, 3.05) is 14.2 Å². The number of hydrogen-bond donors (Lipinski definition) is 0. The summed E-state index contributed by atoms with van der Waals surface area (Å²) in [5.74, 6) is -0.718. The lowest BCUT2D eigenvalue weighted by Crippen LogP contribution is -2.24. The molecule has 0 saturated carbocycles. The second-order valence-electron chi connectivity index (χ2n) is 3.57. The van der Waals surface area contributed by atoms with Crippen LogP contribution in [-0.4, -0.2) is 25.8 Å². The van der Waals surface area contributed by atoms with Gasteiger partial charge in [-0.1, -0.05) is 0 Å². The van der Waals surface area contributed by atoms with Crippen LogP contribution in [-0.2, 0) is 23.1 Å². The summed E-state index contributed by atoms with van der Waals surface area (Å²) in [6.07, 6.45) is 0.818. The Labute approximate surface area is 84.3 Å². The van der Waals surface area contributed by atoms with Gasteiger partial charge in [0.25, 0.3) is 0 Å². The summed E-state index contributed by atoms with van der Waals surface area (Å²) >= 11 is 0. The highest BCUT2D eigenvalue weighted by Crippen LogP contribution is 2.49. The molecule has 5 nitrogen and oxygen atoms in total. The molecule has 0 aliphatic rings. The molecule has 0 amide bonds. The second-order valence-corrected chi connectivity index (χ2v) is 5.64. The van der Waals surface area contributed by atoms with Crippen molar-refractivity contribution < 1.29 is 23.1 Å². The van der Waals surface area contributed by atoms with Gasteiger partial charge < -0.3 is 13.8 Å². The summed E-state index contributed by atoms with van der Waals surface area (Å²) in [7, 11) is -1.02. The van der Waals surface area contributed by atoms with Crippen molar-refractivity contribution in [3.63, 3.8) is 0 Å². The van der Waals surface area contributed by atoms with Gasteiger partial charge in [-0.25, -0.2) is 0 Å². The predicted molar refractivity (Wildman–Crippen MR) is 51.8 cm³/mol. The standard InChI is InChI=1S/C8H16O5P/c1-8(2,3)13-7(9)6-14(10,11-4)12-5/h6H,1-5H3. The van der Waals surface area contributed by atoms with Gasteiger partial charge in [0.15, 0.2) is 6.16 Å². The van der Waals surface area contributed by atoms with E-state index < -0.39 is 19.2 Å². The van der Waals surface area contributed by atoms with Crippen molar-refractivity contribution in [2.24, 2.45) is 0 Å². The molecule has 0 N–H and O–H groups in total. The Hall–Kier alpha value is -0.380. The number of carbonyl (C=O) groups is 1. The fourth-order valence-electron chi connectivity index (χ4n) is 0.637. The number of carbonyl (C=O) groups excluding carboxylic acids is 1. The Balaban J connectivity index is 4.26. The van der Waals surface area contributed by atoms with Crippen molar-refractivity contribution >= 4 is 13.6 Å². The first-order valence-electron chi connectivity index (χ1n) is 4.02. The summed E-state index contributed by atoms with van der Waals surface area (Å²) in [4.78, 5) is 11.2. The summed E-state index contributed by atoms with van der Waals surface area (Å²) in [6.45, 7) is 5.13. The molecule has 0 aromatic rings. The molecule has 83 valence electrons. The first kappa shape index (κ1) is 13.6. The van der Waals surface area contributed by atoms with Crippen molar-refractivity contribution in [3.05, 3.63) is 6.16 Å². The maximum atomic E-state index is 11.4. The molecule has 0 aliphatic carbocycles. The smallest absolute Gasteiger partial charge is 0.345 e. The fourth-order valence-corrected chi connectivity index (χ4v) is 1.31. The SMILES string of the molecule is COP(=O)([CH]C(=O)OC(C)(C)C)OC. The normalized spacial score (nSPS) is 12.6. The summed E-state index contributed by atoms with van der Waals surface area (Å²) in [5, 5.41) is 0. The summed E-state index contributed by atoms with van der Waals surface area (Å²) < 4.78 is 25.5. The van der Waals surface area contributed by atoms with Crippen LogP contribution < -0.4 is 0 Å². The molecule has 0 heterocycles. The van der Waals surface area contributed by atoms with E-state index in [9.17, 15) is 9.36 Å². The van der Waals surface area contributed by atoms with Crippen LogP contribution in [0.1, 0.15) is 20.8 Å². The van der Waals surface area contributed by atoms with Gasteiger partial charge in [-0.2, -0.15) is 0 Å². The third-order valence-corrected chi connectivity index (χ3v) is 2.72. The lowest BCUT2D eigenvalue weighted by Gasteiger charge is -2.20. The monoisotopic (exact) mass is 223 g/mol. The van der Waals surface area contributed by atoms with E-state index in [-0.39, 0.29) is 0 Å². The Morgan fingerprint density at radius 1 is 1.21 bits per heavy atom. The zero-order valence-electron chi connectivity index (χ0n) is 9.07. The van der Waals surface area contributed by atoms with Gasteiger partial charge in [-0.3, -0.25) is 9.36 Å². The van der Waals surface area contributed by atoms with Crippen LogP contribution in [0, 0.1) is 6.16 Å². The maximum absolute atomic E-state index is 11.4. The van der Waals surface area contributed by atoms with Gasteiger partial charge >= 0.3 is 13.6 Å². The van der Waals surface area contributed by atoms with Gasteiger partial charge in [0, 0.05) is 14.2 Å². The molecular formula is C8H16O5P. The molecule has 6 heteroatoms. The molecule has 1 radical (unpaired) electrons. The molecule has 0 spiro atoms. The van der Waals surface area contributed by atoms with Crippen LogP contribution >= 0.6 is 7.60 Å². The van der Waals surface area contributed by atoms with Gasteiger partial charge in [-0.15, -0.1) is 0 Å². The van der Waals surface area contributed by atoms with E-state index in [2.05, 4.69) is 9.05 Å². The minimum Gasteiger partial charge on any atom is -0.459 e. The number of rotatable bonds is 4. The van der Waals surface area contributed by atoms with Gasteiger partial charge in [0.05, 0.1) is 0 Å². The van der Waals surface area contributed by atoms with Crippen molar-refractivity contribution in [1.82, 2.24) is 0 Å². The van der Waals surface area contributed by atoms with E-state index in [1.165, 1.54) is 14.2 Å². The number of ether oxygens (including phenoxy) is 1. The lowest BCUT2D eigenvalue weighted by molar-refractivity contribution is -0.149. The predicted octanol–water partition coefficient (Wildman–Crippen LogP) is 1.98. The average Bonchev–Trinajstić information content (AvgIpc) is 2.00. The zero-order chi connectivity index (χ0) is 11.4. The highest BCUT2D eigenvalue weighted by Gasteiger charge is 2.29. The minimum absolute atomic E-state index is 0.625. The van der Waals surface area contributed by atoms with Crippen molar-refractivity contribution in [3.8, 4) is 0 Å². The topological polar surface area (TPSA) is 61.8 Å². The van der Waals surface area contributed by atoms with E-state index in [0.29, 0.717) is 0 Å². The van der Waals surface area contributed by atoms with Crippen molar-refractivity contribution in [2.45, 2.75) is 26.4 Å². The highest BCUT2D eigenvalue weighted by atomic mass is 31.2. The number of hydrogen-bond acceptors (Lipinski definition) is 5. The van der Waals surface area contributed by atoms with Crippen LogP contribution in [0.2, 0.25) is 0 Å². The van der Waals surface area contributed by atoms with E-state index in [4.69, 9.17) is 4.74 Å². The molecule has 0 aromatic heterocycles. The van der Waals surface area contributed by atoms with Gasteiger partial charge in [0.2, 0.25) is 0 Å². The summed E-state index contributed by atoms with van der Waals surface area (Å²) in [5.41, 5.74) is -0.625. The zero-order valence-corrected chi connectivity index (χ0v) is 9.96. The molecule has 0 atom stereocenters. The van der Waals surface area contributed by atoms with Crippen LogP contribution in [0.25, 0.3) is 0 Å². The Bertz CT molecular complexity index is 235. The molecule has 0 aliphatic heterocycles. The van der Waals surface area contributed by atoms with E-state index in [1.54, 1.807) is 20.8 Å². The molecule has 0 saturated heterocycles. The Morgan fingerprint density at radius 3 is 1.93 bits per heavy atom. The molecule has 0 unspecified atom stereocenters. The molecular weight excluding hydrogens is 207 g/mol. The van der Waals surface area contributed by atoms with E-state index in [0.717, 1.165) is 6.16 Å². The van der Waals surface area contributed by atoms with Crippen LogP contribution in [0.3, 0.4) is 0 Å². The third-order valence-electron chi connectivity index (χ3n) is 1.18. The Morgan fingerprint density at radius 2 is 1.64 bits per heavy atom. The number of esters is 1. The summed E-state index contributed by atoms with van der Waals surface area (Å²) in [6, 6.07) is 0. The highest BCUT2D eigenvalue weighted by molar-refractivity contribution is 7.57. The van der Waals surface area contributed by atoms with Crippen LogP contribution in [0.15, 0.2) is 0 Å². The molecule has 0 bridgehead atoms. The van der Waals surface area contributed by atoms with Crippen LogP contribution in [0.4, 0.5) is 0 Å². The third kappa shape index (κ3) is 5.37. The molecule has 0 aromatic carbocycles. The molecule has 0 rings (SSSR count). The largest absolute Gasteiger partial charge is 0.459 e. The lowest BCUT2D eigenvalue weighted by atomic mass is 10.2. The second kappa shape index (κ2) is 4.91. The average molecular weight is 223 g/mol. The van der Waals surface area contributed by atoms with Crippen molar-refractivity contribution in [1.29, 1.82) is 0 Å². The first-order chi connectivity index (χ1) is 6.22. The molecule has 0 fully saturated rings. The van der Waals surface area contributed by atoms with Crippen LogP contribution in [0.5, 0.6) is 0 Å². The van der Waals surface area contributed by atoms with E-state index in [1.807, 2.05) is 0 Å². The quantitative estimate of drug-likeness (QED) is 0.538. The Kier molecular flexibility index (Phi) is 4.78. The fraction of sp³-hybridized carbons (Fsp3) is 0.750. The van der Waals surface area contributed by atoms with Gasteiger partial charge in [0.1, 0.15) is 5.60 Å². The minimum atomic E-state index is -3.42. The molecule has 14 heavy (non-hydrogen) atoms. The first-order valence-corrected chi connectivity index (χ1v) is 5.64.